The Morgan fingerprint density at radius 2 is 1.94 bits per heavy atom. The molecular formula is C24H23ClN6O. The number of anilines is 2. The lowest BCUT2D eigenvalue weighted by Gasteiger charge is -2.24. The molecule has 1 saturated heterocycles. The second kappa shape index (κ2) is 8.61. The van der Waals surface area contributed by atoms with E-state index in [9.17, 15) is 4.79 Å². The number of aromatic nitrogens is 3. The van der Waals surface area contributed by atoms with Gasteiger partial charge in [0.05, 0.1) is 28.2 Å². The van der Waals surface area contributed by atoms with Crippen LogP contribution in [-0.2, 0) is 0 Å². The van der Waals surface area contributed by atoms with E-state index >= 15 is 0 Å². The lowest BCUT2D eigenvalue weighted by Crippen LogP contribution is -2.32. The van der Waals surface area contributed by atoms with Gasteiger partial charge in [-0.25, -0.2) is 4.98 Å². The van der Waals surface area contributed by atoms with Crippen molar-refractivity contribution in [3.8, 4) is 11.3 Å². The zero-order chi connectivity index (χ0) is 22.1. The fraction of sp³-hybridized carbons (Fsp3) is 0.208. The van der Waals surface area contributed by atoms with Gasteiger partial charge in [-0.1, -0.05) is 41.9 Å². The van der Waals surface area contributed by atoms with Crippen LogP contribution in [0.15, 0.2) is 60.8 Å². The molecule has 2 aromatic carbocycles. The van der Waals surface area contributed by atoms with Crippen molar-refractivity contribution in [3.05, 3.63) is 71.4 Å². The summed E-state index contributed by atoms with van der Waals surface area (Å²) in [5, 5.41) is 12.6. The largest absolute Gasteiger partial charge is 0.383 e. The summed E-state index contributed by atoms with van der Waals surface area (Å²) in [6, 6.07) is 16.9. The molecule has 0 radical (unpaired) electrons. The molecule has 2 aromatic heterocycles. The number of nitrogen functional groups attached to an aromatic ring is 1. The van der Waals surface area contributed by atoms with Gasteiger partial charge < -0.3 is 16.4 Å². The minimum Gasteiger partial charge on any atom is -0.383 e. The van der Waals surface area contributed by atoms with Crippen LogP contribution in [-0.4, -0.2) is 33.8 Å². The SMILES string of the molecule is Nc1ncc(Cl)c2c1c(-c1ccc(NC(=O)c3ccccc3)cc1)nn2C1CCCNC1. The van der Waals surface area contributed by atoms with Gasteiger partial charge in [-0.05, 0) is 43.7 Å². The van der Waals surface area contributed by atoms with Crippen molar-refractivity contribution in [1.82, 2.24) is 20.1 Å². The molecule has 1 unspecified atom stereocenters. The summed E-state index contributed by atoms with van der Waals surface area (Å²) in [6.45, 7) is 1.84. The third kappa shape index (κ3) is 3.81. The Morgan fingerprint density at radius 1 is 1.16 bits per heavy atom. The average Bonchev–Trinajstić information content (AvgIpc) is 3.25. The van der Waals surface area contributed by atoms with Crippen LogP contribution in [0.25, 0.3) is 22.2 Å². The number of benzene rings is 2. The molecule has 1 aliphatic rings. The summed E-state index contributed by atoms with van der Waals surface area (Å²) in [5.74, 6) is 0.244. The highest BCUT2D eigenvalue weighted by Crippen LogP contribution is 2.37. The normalized spacial score (nSPS) is 16.2. The van der Waals surface area contributed by atoms with E-state index in [0.717, 1.165) is 48.1 Å². The van der Waals surface area contributed by atoms with Crippen molar-refractivity contribution in [3.63, 3.8) is 0 Å². The number of amides is 1. The summed E-state index contributed by atoms with van der Waals surface area (Å²) in [5.41, 5.74) is 10.0. The maximum Gasteiger partial charge on any atom is 0.255 e. The average molecular weight is 447 g/mol. The Balaban J connectivity index is 1.50. The number of nitrogens with zero attached hydrogens (tertiary/aromatic N) is 3. The highest BCUT2D eigenvalue weighted by atomic mass is 35.5. The summed E-state index contributed by atoms with van der Waals surface area (Å²) < 4.78 is 1.99. The number of nitrogens with one attached hydrogen (secondary N) is 2. The number of hydrogen-bond donors (Lipinski definition) is 3. The Labute approximate surface area is 190 Å². The molecule has 4 N–H and O–H groups in total. The molecule has 162 valence electrons. The topological polar surface area (TPSA) is 97.9 Å². The van der Waals surface area contributed by atoms with Gasteiger partial charge in [-0.2, -0.15) is 5.10 Å². The summed E-state index contributed by atoms with van der Waals surface area (Å²) in [6.07, 6.45) is 3.68. The lowest BCUT2D eigenvalue weighted by atomic mass is 10.1. The second-order valence-corrected chi connectivity index (χ2v) is 8.31. The Kier molecular flexibility index (Phi) is 5.51. The molecule has 1 aliphatic heterocycles. The first-order valence-electron chi connectivity index (χ1n) is 10.6. The third-order valence-corrected chi connectivity index (χ3v) is 6.06. The van der Waals surface area contributed by atoms with Gasteiger partial charge in [-0.15, -0.1) is 0 Å². The zero-order valence-electron chi connectivity index (χ0n) is 17.4. The van der Waals surface area contributed by atoms with Crippen LogP contribution in [0.4, 0.5) is 11.5 Å². The van der Waals surface area contributed by atoms with E-state index in [2.05, 4.69) is 15.6 Å². The van der Waals surface area contributed by atoms with Gasteiger partial charge >= 0.3 is 0 Å². The van der Waals surface area contributed by atoms with Crippen LogP contribution >= 0.6 is 11.6 Å². The first-order valence-corrected chi connectivity index (χ1v) is 11.0. The second-order valence-electron chi connectivity index (χ2n) is 7.91. The van der Waals surface area contributed by atoms with E-state index in [1.54, 1.807) is 18.3 Å². The molecule has 0 saturated carbocycles. The van der Waals surface area contributed by atoms with Crippen LogP contribution in [0.2, 0.25) is 5.02 Å². The summed E-state index contributed by atoms with van der Waals surface area (Å²) in [7, 11) is 0. The molecule has 5 rings (SSSR count). The van der Waals surface area contributed by atoms with E-state index in [4.69, 9.17) is 22.4 Å². The zero-order valence-corrected chi connectivity index (χ0v) is 18.1. The van der Waals surface area contributed by atoms with Gasteiger partial charge in [0.1, 0.15) is 11.5 Å². The minimum absolute atomic E-state index is 0.155. The molecule has 7 nitrogen and oxygen atoms in total. The first kappa shape index (κ1) is 20.5. The Bertz CT molecular complexity index is 1260. The van der Waals surface area contributed by atoms with E-state index < -0.39 is 0 Å². The lowest BCUT2D eigenvalue weighted by molar-refractivity contribution is 0.102. The number of carbonyl (C=O) groups is 1. The predicted octanol–water partition coefficient (Wildman–Crippen LogP) is 4.51. The Morgan fingerprint density at radius 3 is 2.66 bits per heavy atom. The van der Waals surface area contributed by atoms with E-state index in [1.165, 1.54) is 0 Å². The maximum atomic E-state index is 12.4. The molecule has 0 spiro atoms. The van der Waals surface area contributed by atoms with Gasteiger partial charge in [0.15, 0.2) is 0 Å². The van der Waals surface area contributed by atoms with E-state index in [0.29, 0.717) is 22.1 Å². The molecular weight excluding hydrogens is 424 g/mol. The van der Waals surface area contributed by atoms with Crippen LogP contribution < -0.4 is 16.4 Å². The van der Waals surface area contributed by atoms with Gasteiger partial charge in [-0.3, -0.25) is 9.48 Å². The third-order valence-electron chi connectivity index (χ3n) is 5.78. The maximum absolute atomic E-state index is 12.4. The minimum atomic E-state index is -0.155. The fourth-order valence-corrected chi connectivity index (χ4v) is 4.40. The number of pyridine rings is 1. The Hall–Kier alpha value is -3.42. The number of carbonyl (C=O) groups excluding carboxylic acids is 1. The molecule has 1 fully saturated rings. The molecule has 0 aliphatic carbocycles. The predicted molar refractivity (Wildman–Crippen MR) is 128 cm³/mol. The van der Waals surface area contributed by atoms with Crippen molar-refractivity contribution in [2.24, 2.45) is 0 Å². The monoisotopic (exact) mass is 446 g/mol. The molecule has 1 amide bonds. The summed E-state index contributed by atoms with van der Waals surface area (Å²) in [4.78, 5) is 16.7. The van der Waals surface area contributed by atoms with E-state index in [1.807, 2.05) is 47.1 Å². The van der Waals surface area contributed by atoms with Crippen LogP contribution in [0.1, 0.15) is 29.2 Å². The molecule has 4 aromatic rings. The standard InChI is InChI=1S/C24H23ClN6O/c25-19-14-28-23(26)20-21(30-31(22(19)20)18-7-4-12-27-13-18)15-8-10-17(11-9-15)29-24(32)16-5-2-1-3-6-16/h1-3,5-6,8-11,14,18,27H,4,7,12-13H2,(H2,26,28)(H,29,32). The quantitative estimate of drug-likeness (QED) is 0.428. The number of piperidine rings is 1. The van der Waals surface area contributed by atoms with Gasteiger partial charge in [0, 0.05) is 23.4 Å². The number of halogens is 1. The number of hydrogen-bond acceptors (Lipinski definition) is 5. The van der Waals surface area contributed by atoms with Crippen LogP contribution in [0.5, 0.6) is 0 Å². The molecule has 0 bridgehead atoms. The fourth-order valence-electron chi connectivity index (χ4n) is 4.17. The van der Waals surface area contributed by atoms with Crippen molar-refractivity contribution in [1.29, 1.82) is 0 Å². The highest BCUT2D eigenvalue weighted by Gasteiger charge is 2.24. The van der Waals surface area contributed by atoms with E-state index in [-0.39, 0.29) is 11.9 Å². The van der Waals surface area contributed by atoms with Crippen molar-refractivity contribution >= 4 is 39.9 Å². The smallest absolute Gasteiger partial charge is 0.255 e. The van der Waals surface area contributed by atoms with Crippen molar-refractivity contribution in [2.75, 3.05) is 24.1 Å². The van der Waals surface area contributed by atoms with Gasteiger partial charge in [0.25, 0.3) is 5.91 Å². The van der Waals surface area contributed by atoms with Crippen molar-refractivity contribution in [2.45, 2.75) is 18.9 Å². The summed E-state index contributed by atoms with van der Waals surface area (Å²) >= 11 is 6.55. The van der Waals surface area contributed by atoms with Crippen molar-refractivity contribution < 1.29 is 4.79 Å². The number of rotatable bonds is 4. The number of fused-ring (bicyclic) bond motifs is 1. The molecule has 8 heteroatoms. The molecule has 32 heavy (non-hydrogen) atoms. The van der Waals surface area contributed by atoms with Gasteiger partial charge in [0.2, 0.25) is 0 Å². The highest BCUT2D eigenvalue weighted by molar-refractivity contribution is 6.35. The first-order chi connectivity index (χ1) is 15.6. The van der Waals surface area contributed by atoms with Crippen LogP contribution in [0, 0.1) is 0 Å². The van der Waals surface area contributed by atoms with Crippen LogP contribution in [0.3, 0.4) is 0 Å². The molecule has 3 heterocycles. The molecule has 1 atom stereocenters. The number of nitrogens with two attached hydrogens (primary N) is 1.